The predicted octanol–water partition coefficient (Wildman–Crippen LogP) is 2.79. The highest BCUT2D eigenvalue weighted by Crippen LogP contribution is 2.31. The maximum Gasteiger partial charge on any atom is 0.270 e. The number of nitro benzene ring substituents is 1. The normalized spacial score (nSPS) is 10.5. The van der Waals surface area contributed by atoms with E-state index in [-0.39, 0.29) is 16.4 Å². The van der Waals surface area contributed by atoms with Crippen molar-refractivity contribution in [3.8, 4) is 11.1 Å². The van der Waals surface area contributed by atoms with Crippen molar-refractivity contribution < 1.29 is 9.31 Å². The summed E-state index contributed by atoms with van der Waals surface area (Å²) in [6.07, 6.45) is 1.37. The van der Waals surface area contributed by atoms with Gasteiger partial charge in [-0.1, -0.05) is 11.6 Å². The highest BCUT2D eigenvalue weighted by Gasteiger charge is 2.16. The molecule has 0 amide bonds. The van der Waals surface area contributed by atoms with Crippen molar-refractivity contribution in [1.29, 1.82) is 0 Å². The Morgan fingerprint density at radius 1 is 1.47 bits per heavy atom. The summed E-state index contributed by atoms with van der Waals surface area (Å²) in [4.78, 5) is 10.0. The Bertz CT molecular complexity index is 597. The summed E-state index contributed by atoms with van der Waals surface area (Å²) in [6, 6.07) is 3.28. The standard InChI is InChI=1S/C10H7ClFN3O2/c1-14-10(11)8(5-13-14)7-4-6(15(16)17)2-3-9(7)12/h2-5H,1H3. The molecule has 0 fully saturated rings. The Morgan fingerprint density at radius 2 is 2.18 bits per heavy atom. The molecule has 1 heterocycles. The molecule has 1 aromatic heterocycles. The van der Waals surface area contributed by atoms with E-state index in [4.69, 9.17) is 11.6 Å². The summed E-state index contributed by atoms with van der Waals surface area (Å²) in [5.41, 5.74) is 0.203. The zero-order valence-electron chi connectivity index (χ0n) is 8.72. The number of hydrogen-bond acceptors (Lipinski definition) is 3. The zero-order chi connectivity index (χ0) is 12.6. The third-order valence-corrected chi connectivity index (χ3v) is 2.77. The molecular weight excluding hydrogens is 249 g/mol. The predicted molar refractivity (Wildman–Crippen MR) is 60.3 cm³/mol. The van der Waals surface area contributed by atoms with Crippen molar-refractivity contribution in [2.45, 2.75) is 0 Å². The second kappa shape index (κ2) is 4.14. The number of rotatable bonds is 2. The Balaban J connectivity index is 2.62. The summed E-state index contributed by atoms with van der Waals surface area (Å²) in [5, 5.41) is 14.7. The fraction of sp³-hybridized carbons (Fsp3) is 0.100. The lowest BCUT2D eigenvalue weighted by Gasteiger charge is -2.01. The first kappa shape index (κ1) is 11.5. The van der Waals surface area contributed by atoms with Crippen molar-refractivity contribution in [3.63, 3.8) is 0 Å². The molecule has 1 aromatic carbocycles. The van der Waals surface area contributed by atoms with E-state index in [0.717, 1.165) is 18.2 Å². The summed E-state index contributed by atoms with van der Waals surface area (Å²) in [6.45, 7) is 0. The van der Waals surface area contributed by atoms with E-state index in [1.54, 1.807) is 7.05 Å². The van der Waals surface area contributed by atoms with E-state index < -0.39 is 10.7 Å². The highest BCUT2D eigenvalue weighted by molar-refractivity contribution is 6.32. The molecule has 0 aliphatic carbocycles. The summed E-state index contributed by atoms with van der Waals surface area (Å²) in [5.74, 6) is -0.578. The van der Waals surface area contributed by atoms with Crippen LogP contribution in [0, 0.1) is 15.9 Å². The lowest BCUT2D eigenvalue weighted by Crippen LogP contribution is -1.92. The van der Waals surface area contributed by atoms with Crippen LogP contribution in [0.4, 0.5) is 10.1 Å². The molecule has 5 nitrogen and oxygen atoms in total. The Kier molecular flexibility index (Phi) is 2.81. The van der Waals surface area contributed by atoms with Crippen molar-refractivity contribution in [2.24, 2.45) is 7.05 Å². The van der Waals surface area contributed by atoms with Gasteiger partial charge >= 0.3 is 0 Å². The number of nitro groups is 1. The third kappa shape index (κ3) is 1.99. The van der Waals surface area contributed by atoms with Crippen molar-refractivity contribution in [3.05, 3.63) is 45.5 Å². The molecule has 88 valence electrons. The summed E-state index contributed by atoms with van der Waals surface area (Å²) < 4.78 is 14.9. The van der Waals surface area contributed by atoms with Crippen molar-refractivity contribution in [2.75, 3.05) is 0 Å². The number of halogens is 2. The van der Waals surface area contributed by atoms with Gasteiger partial charge in [-0.3, -0.25) is 14.8 Å². The van der Waals surface area contributed by atoms with Crippen LogP contribution in [0.3, 0.4) is 0 Å². The molecule has 0 spiro atoms. The van der Waals surface area contributed by atoms with Crippen LogP contribution >= 0.6 is 11.6 Å². The number of benzene rings is 1. The lowest BCUT2D eigenvalue weighted by molar-refractivity contribution is -0.384. The molecule has 7 heteroatoms. The van der Waals surface area contributed by atoms with Gasteiger partial charge in [0.1, 0.15) is 11.0 Å². The van der Waals surface area contributed by atoms with E-state index in [2.05, 4.69) is 5.10 Å². The fourth-order valence-electron chi connectivity index (χ4n) is 1.44. The van der Waals surface area contributed by atoms with Crippen LogP contribution in [0.1, 0.15) is 0 Å². The zero-order valence-corrected chi connectivity index (χ0v) is 9.48. The van der Waals surface area contributed by atoms with Crippen LogP contribution in [-0.2, 0) is 7.05 Å². The maximum atomic E-state index is 13.6. The Labute approximate surface area is 101 Å². The van der Waals surface area contributed by atoms with Crippen LogP contribution in [0.15, 0.2) is 24.4 Å². The van der Waals surface area contributed by atoms with Gasteiger partial charge in [-0.15, -0.1) is 0 Å². The van der Waals surface area contributed by atoms with Gasteiger partial charge < -0.3 is 0 Å². The fourth-order valence-corrected chi connectivity index (χ4v) is 1.63. The molecule has 0 saturated heterocycles. The van der Waals surface area contributed by atoms with Gasteiger partial charge in [0, 0.05) is 30.3 Å². The van der Waals surface area contributed by atoms with Crippen molar-refractivity contribution in [1.82, 2.24) is 9.78 Å². The first-order valence-electron chi connectivity index (χ1n) is 4.62. The topological polar surface area (TPSA) is 61.0 Å². The van der Waals surface area contributed by atoms with Crippen molar-refractivity contribution >= 4 is 17.3 Å². The van der Waals surface area contributed by atoms with E-state index in [9.17, 15) is 14.5 Å². The van der Waals surface area contributed by atoms with Gasteiger partial charge in [0.2, 0.25) is 0 Å². The smallest absolute Gasteiger partial charge is 0.258 e. The molecule has 0 radical (unpaired) electrons. The quantitative estimate of drug-likeness (QED) is 0.612. The van der Waals surface area contributed by atoms with E-state index >= 15 is 0 Å². The average molecular weight is 256 g/mol. The minimum absolute atomic E-state index is 0.0669. The largest absolute Gasteiger partial charge is 0.270 e. The number of nitrogens with zero attached hydrogens (tertiary/aromatic N) is 3. The molecule has 0 atom stereocenters. The number of aromatic nitrogens is 2. The summed E-state index contributed by atoms with van der Waals surface area (Å²) in [7, 11) is 1.60. The van der Waals surface area contributed by atoms with Gasteiger partial charge in [0.05, 0.1) is 11.1 Å². The molecule has 0 saturated carbocycles. The molecule has 0 aliphatic heterocycles. The molecule has 2 rings (SSSR count). The van der Waals surface area contributed by atoms with Gasteiger partial charge in [0.15, 0.2) is 0 Å². The van der Waals surface area contributed by atoms with Gasteiger partial charge in [-0.2, -0.15) is 5.10 Å². The number of aryl methyl sites for hydroxylation is 1. The van der Waals surface area contributed by atoms with E-state index in [1.165, 1.54) is 10.9 Å². The molecule has 0 N–H and O–H groups in total. The molecular formula is C10H7ClFN3O2. The van der Waals surface area contributed by atoms with Gasteiger partial charge in [0.25, 0.3) is 5.69 Å². The minimum atomic E-state index is -0.590. The molecule has 2 aromatic rings. The third-order valence-electron chi connectivity index (χ3n) is 2.32. The van der Waals surface area contributed by atoms with E-state index in [0.29, 0.717) is 5.56 Å². The maximum absolute atomic E-state index is 13.6. The second-order valence-corrected chi connectivity index (χ2v) is 3.75. The molecule has 0 aliphatic rings. The molecule has 17 heavy (non-hydrogen) atoms. The lowest BCUT2D eigenvalue weighted by atomic mass is 10.1. The first-order valence-corrected chi connectivity index (χ1v) is 5.00. The monoisotopic (exact) mass is 255 g/mol. The van der Waals surface area contributed by atoms with E-state index in [1.807, 2.05) is 0 Å². The highest BCUT2D eigenvalue weighted by atomic mass is 35.5. The van der Waals surface area contributed by atoms with Crippen LogP contribution in [0.25, 0.3) is 11.1 Å². The Morgan fingerprint density at radius 3 is 2.71 bits per heavy atom. The van der Waals surface area contributed by atoms with Crippen LogP contribution in [0.5, 0.6) is 0 Å². The average Bonchev–Trinajstić information content (AvgIpc) is 2.60. The van der Waals surface area contributed by atoms with Crippen LogP contribution < -0.4 is 0 Å². The number of non-ortho nitro benzene ring substituents is 1. The SMILES string of the molecule is Cn1ncc(-c2cc([N+](=O)[O-])ccc2F)c1Cl. The molecule has 0 unspecified atom stereocenters. The Hall–Kier alpha value is -1.95. The van der Waals surface area contributed by atoms with Gasteiger partial charge in [-0.05, 0) is 6.07 Å². The second-order valence-electron chi connectivity index (χ2n) is 3.39. The van der Waals surface area contributed by atoms with Crippen LogP contribution in [0.2, 0.25) is 5.15 Å². The first-order chi connectivity index (χ1) is 8.00. The summed E-state index contributed by atoms with van der Waals surface area (Å²) >= 11 is 5.91. The van der Waals surface area contributed by atoms with Crippen LogP contribution in [-0.4, -0.2) is 14.7 Å². The minimum Gasteiger partial charge on any atom is -0.258 e. The number of hydrogen-bond donors (Lipinski definition) is 0. The molecule has 0 bridgehead atoms. The van der Waals surface area contributed by atoms with Gasteiger partial charge in [-0.25, -0.2) is 4.39 Å².